The quantitative estimate of drug-likeness (QED) is 0.818. The molecule has 0 unspecified atom stereocenters. The highest BCUT2D eigenvalue weighted by Crippen LogP contribution is 2.08. The van der Waals surface area contributed by atoms with Crippen molar-refractivity contribution in [2.45, 2.75) is 13.3 Å². The molecule has 0 N–H and O–H groups in total. The lowest BCUT2D eigenvalue weighted by Crippen LogP contribution is -2.45. The second kappa shape index (κ2) is 5.27. The average molecular weight is 259 g/mol. The molecule has 2 aromatic heterocycles. The molecule has 1 fully saturated rings. The largest absolute Gasteiger partial charge is 0.304 e. The molecule has 3 heterocycles. The van der Waals surface area contributed by atoms with Gasteiger partial charge >= 0.3 is 0 Å². The fourth-order valence-electron chi connectivity index (χ4n) is 2.52. The Hall–Kier alpha value is -1.46. The number of likely N-dealkylation sites (N-methyl/N-ethyl adjacent to an activating group) is 1. The molecule has 0 spiro atoms. The molecule has 0 saturated carbocycles. The third-order valence-corrected chi connectivity index (χ3v) is 3.85. The number of aryl methyl sites for hydroxylation is 1. The topological polar surface area (TPSA) is 36.7 Å². The van der Waals surface area contributed by atoms with Gasteiger partial charge in [-0.1, -0.05) is 6.07 Å². The van der Waals surface area contributed by atoms with E-state index in [1.807, 2.05) is 16.8 Å². The van der Waals surface area contributed by atoms with Gasteiger partial charge in [-0.15, -0.1) is 0 Å². The minimum absolute atomic E-state index is 0.935. The number of aromatic nitrogens is 3. The predicted molar refractivity (Wildman–Crippen MR) is 75.4 cm³/mol. The van der Waals surface area contributed by atoms with Crippen LogP contribution in [0.2, 0.25) is 0 Å². The molecule has 0 aliphatic carbocycles. The number of nitrogens with zero attached hydrogens (tertiary/aromatic N) is 5. The Kier molecular flexibility index (Phi) is 3.48. The monoisotopic (exact) mass is 259 g/mol. The van der Waals surface area contributed by atoms with Crippen LogP contribution in [-0.2, 0) is 6.42 Å². The fourth-order valence-corrected chi connectivity index (χ4v) is 2.52. The summed E-state index contributed by atoms with van der Waals surface area (Å²) in [5, 5.41) is 4.54. The molecule has 1 aliphatic rings. The Balaban J connectivity index is 1.64. The summed E-state index contributed by atoms with van der Waals surface area (Å²) in [4.78, 5) is 9.50. The van der Waals surface area contributed by atoms with Gasteiger partial charge in [-0.25, -0.2) is 9.50 Å². The number of fused-ring (bicyclic) bond motifs is 1. The van der Waals surface area contributed by atoms with Crippen LogP contribution in [0.1, 0.15) is 11.4 Å². The smallest absolute Gasteiger partial charge is 0.158 e. The molecule has 2 aromatic rings. The number of rotatable bonds is 3. The van der Waals surface area contributed by atoms with Crippen LogP contribution >= 0.6 is 0 Å². The first-order chi connectivity index (χ1) is 9.22. The summed E-state index contributed by atoms with van der Waals surface area (Å²) in [6, 6.07) is 4.09. The third kappa shape index (κ3) is 2.77. The minimum atomic E-state index is 0.935. The van der Waals surface area contributed by atoms with Crippen molar-refractivity contribution in [3.63, 3.8) is 0 Å². The molecule has 102 valence electrons. The Labute approximate surface area is 113 Å². The normalized spacial score (nSPS) is 18.2. The first-order valence-electron chi connectivity index (χ1n) is 6.94. The SMILES string of the molecule is Cc1cccn2nc(CCN3CCN(C)CC3)nc12. The lowest BCUT2D eigenvalue weighted by molar-refractivity contribution is 0.155. The number of hydrogen-bond donors (Lipinski definition) is 0. The second-order valence-electron chi connectivity index (χ2n) is 5.38. The maximum atomic E-state index is 4.63. The first kappa shape index (κ1) is 12.6. The van der Waals surface area contributed by atoms with E-state index in [1.54, 1.807) is 0 Å². The number of piperazine rings is 1. The van der Waals surface area contributed by atoms with Gasteiger partial charge in [0.1, 0.15) is 0 Å². The van der Waals surface area contributed by atoms with Crippen molar-refractivity contribution >= 4 is 5.65 Å². The van der Waals surface area contributed by atoms with Crippen LogP contribution in [0, 0.1) is 6.92 Å². The summed E-state index contributed by atoms with van der Waals surface area (Å²) >= 11 is 0. The highest BCUT2D eigenvalue weighted by Gasteiger charge is 2.14. The second-order valence-corrected chi connectivity index (χ2v) is 5.38. The predicted octanol–water partition coefficient (Wildman–Crippen LogP) is 0.828. The standard InChI is InChI=1S/C14H21N5/c1-12-4-3-6-19-14(12)15-13(16-19)5-7-18-10-8-17(2)9-11-18/h3-4,6H,5,7-11H2,1-2H3. The van der Waals surface area contributed by atoms with Crippen molar-refractivity contribution in [1.82, 2.24) is 24.4 Å². The van der Waals surface area contributed by atoms with Gasteiger partial charge in [0, 0.05) is 45.3 Å². The van der Waals surface area contributed by atoms with Crippen LogP contribution in [-0.4, -0.2) is 64.2 Å². The zero-order valence-corrected chi connectivity index (χ0v) is 11.7. The van der Waals surface area contributed by atoms with Crippen LogP contribution in [0.15, 0.2) is 18.3 Å². The molecule has 5 nitrogen and oxygen atoms in total. The van der Waals surface area contributed by atoms with E-state index in [0.717, 1.165) is 50.6 Å². The Morgan fingerprint density at radius 3 is 2.74 bits per heavy atom. The zero-order valence-electron chi connectivity index (χ0n) is 11.7. The summed E-state index contributed by atoms with van der Waals surface area (Å²) in [5.74, 6) is 0.952. The summed E-state index contributed by atoms with van der Waals surface area (Å²) < 4.78 is 1.88. The van der Waals surface area contributed by atoms with Crippen LogP contribution in [0.4, 0.5) is 0 Å². The molecule has 0 radical (unpaired) electrons. The van der Waals surface area contributed by atoms with E-state index in [2.05, 4.69) is 39.9 Å². The Morgan fingerprint density at radius 1 is 1.21 bits per heavy atom. The molecule has 19 heavy (non-hydrogen) atoms. The van der Waals surface area contributed by atoms with Crippen molar-refractivity contribution in [3.05, 3.63) is 29.7 Å². The molecular weight excluding hydrogens is 238 g/mol. The van der Waals surface area contributed by atoms with E-state index < -0.39 is 0 Å². The van der Waals surface area contributed by atoms with Gasteiger partial charge in [0.25, 0.3) is 0 Å². The van der Waals surface area contributed by atoms with Crippen molar-refractivity contribution in [3.8, 4) is 0 Å². The van der Waals surface area contributed by atoms with E-state index >= 15 is 0 Å². The maximum Gasteiger partial charge on any atom is 0.158 e. The van der Waals surface area contributed by atoms with Gasteiger partial charge in [0.05, 0.1) is 0 Å². The van der Waals surface area contributed by atoms with E-state index in [4.69, 9.17) is 0 Å². The van der Waals surface area contributed by atoms with Crippen molar-refractivity contribution in [2.75, 3.05) is 39.8 Å². The number of hydrogen-bond acceptors (Lipinski definition) is 4. The van der Waals surface area contributed by atoms with Crippen molar-refractivity contribution in [2.24, 2.45) is 0 Å². The van der Waals surface area contributed by atoms with E-state index in [-0.39, 0.29) is 0 Å². The zero-order chi connectivity index (χ0) is 13.2. The molecule has 0 amide bonds. The summed E-state index contributed by atoms with van der Waals surface area (Å²) in [5.41, 5.74) is 2.16. The van der Waals surface area contributed by atoms with Gasteiger partial charge in [-0.3, -0.25) is 0 Å². The van der Waals surface area contributed by atoms with E-state index in [9.17, 15) is 0 Å². The van der Waals surface area contributed by atoms with Crippen LogP contribution in [0.3, 0.4) is 0 Å². The highest BCUT2D eigenvalue weighted by atomic mass is 15.3. The molecule has 1 aliphatic heterocycles. The molecule has 0 aromatic carbocycles. The van der Waals surface area contributed by atoms with Crippen LogP contribution in [0.25, 0.3) is 5.65 Å². The molecule has 0 bridgehead atoms. The summed E-state index contributed by atoms with van der Waals surface area (Å²) in [6.45, 7) is 7.78. The first-order valence-corrected chi connectivity index (χ1v) is 6.94. The van der Waals surface area contributed by atoms with Crippen LogP contribution in [0.5, 0.6) is 0 Å². The molecule has 5 heteroatoms. The van der Waals surface area contributed by atoms with Gasteiger partial charge < -0.3 is 9.80 Å². The van der Waals surface area contributed by atoms with Crippen LogP contribution < -0.4 is 0 Å². The van der Waals surface area contributed by atoms with Crippen molar-refractivity contribution < 1.29 is 0 Å². The van der Waals surface area contributed by atoms with Crippen molar-refractivity contribution in [1.29, 1.82) is 0 Å². The summed E-state index contributed by atoms with van der Waals surface area (Å²) in [7, 11) is 2.18. The van der Waals surface area contributed by atoms with Gasteiger partial charge in [0.2, 0.25) is 0 Å². The summed E-state index contributed by atoms with van der Waals surface area (Å²) in [6.07, 6.45) is 2.90. The molecule has 1 saturated heterocycles. The van der Waals surface area contributed by atoms with Gasteiger partial charge in [-0.2, -0.15) is 5.10 Å². The molecule has 3 rings (SSSR count). The fraction of sp³-hybridized carbons (Fsp3) is 0.571. The minimum Gasteiger partial charge on any atom is -0.304 e. The molecule has 0 atom stereocenters. The lowest BCUT2D eigenvalue weighted by atomic mass is 10.3. The van der Waals surface area contributed by atoms with Gasteiger partial charge in [0.15, 0.2) is 11.5 Å². The third-order valence-electron chi connectivity index (χ3n) is 3.85. The van der Waals surface area contributed by atoms with E-state index in [1.165, 1.54) is 5.56 Å². The Morgan fingerprint density at radius 2 is 2.00 bits per heavy atom. The average Bonchev–Trinajstić information content (AvgIpc) is 2.83. The maximum absolute atomic E-state index is 4.63. The lowest BCUT2D eigenvalue weighted by Gasteiger charge is -2.31. The Bertz CT molecular complexity index is 554. The van der Waals surface area contributed by atoms with E-state index in [0.29, 0.717) is 0 Å². The number of pyridine rings is 1. The molecular formula is C14H21N5. The highest BCUT2D eigenvalue weighted by molar-refractivity contribution is 5.45. The van der Waals surface area contributed by atoms with Gasteiger partial charge in [-0.05, 0) is 25.6 Å².